The lowest BCUT2D eigenvalue weighted by molar-refractivity contribution is 0.0623. The molecule has 4 bridgehead atoms. The third kappa shape index (κ3) is 3.16. The third-order valence-electron chi connectivity index (χ3n) is 6.85. The predicted molar refractivity (Wildman–Crippen MR) is 106 cm³/mol. The second-order valence-electron chi connectivity index (χ2n) is 8.72. The van der Waals surface area contributed by atoms with Gasteiger partial charge < -0.3 is 19.9 Å². The standard InChI is InChI=1S/C22H20F3N3O4/c23-12-4-15(24)13(16(25)5-12)6-26-21(31)14-8-28-17-9-27(7-10-1-2-11(17)3-10)22(32)18(28)20(30)19(14)29/h4-5,8,10-11,17,30H,1-3,6-7,9H2,(H,26,31)/t10-,11+,17-/m1/s1. The van der Waals surface area contributed by atoms with Crippen LogP contribution in [0.4, 0.5) is 13.2 Å². The second kappa shape index (κ2) is 7.39. The van der Waals surface area contributed by atoms with Gasteiger partial charge in [-0.3, -0.25) is 14.4 Å². The highest BCUT2D eigenvalue weighted by atomic mass is 19.1. The van der Waals surface area contributed by atoms with Gasteiger partial charge in [0.15, 0.2) is 11.4 Å². The molecule has 10 heteroatoms. The SMILES string of the molecule is O=C(NCc1c(F)cc(F)cc1F)c1cn2c(c(O)c1=O)C(=O)N1C[C@@H]3CC[C@@H](C3)[C@H]2C1. The van der Waals surface area contributed by atoms with Crippen molar-refractivity contribution in [1.82, 2.24) is 14.8 Å². The molecule has 0 radical (unpaired) electrons. The molecule has 3 heterocycles. The van der Waals surface area contributed by atoms with Crippen LogP contribution >= 0.6 is 0 Å². The molecule has 2 amide bonds. The normalized spacial score (nSPS) is 23.7. The quantitative estimate of drug-likeness (QED) is 0.756. The van der Waals surface area contributed by atoms with Gasteiger partial charge in [0.2, 0.25) is 5.43 Å². The number of pyridine rings is 1. The van der Waals surface area contributed by atoms with Crippen molar-refractivity contribution in [2.75, 3.05) is 13.1 Å². The zero-order chi connectivity index (χ0) is 22.7. The van der Waals surface area contributed by atoms with Crippen LogP contribution < -0.4 is 10.7 Å². The summed E-state index contributed by atoms with van der Waals surface area (Å²) in [6.07, 6.45) is 4.12. The van der Waals surface area contributed by atoms with Gasteiger partial charge in [0, 0.05) is 43.5 Å². The highest BCUT2D eigenvalue weighted by molar-refractivity contribution is 5.99. The van der Waals surface area contributed by atoms with E-state index in [1.54, 1.807) is 4.90 Å². The maximum Gasteiger partial charge on any atom is 0.274 e. The fourth-order valence-electron chi connectivity index (χ4n) is 5.28. The molecule has 1 aliphatic carbocycles. The van der Waals surface area contributed by atoms with Gasteiger partial charge in [-0.2, -0.15) is 0 Å². The number of halogens is 3. The van der Waals surface area contributed by atoms with E-state index in [9.17, 15) is 32.7 Å². The number of nitrogens with zero attached hydrogens (tertiary/aromatic N) is 2. The molecule has 0 spiro atoms. The summed E-state index contributed by atoms with van der Waals surface area (Å²) in [5.41, 5.74) is -2.17. The summed E-state index contributed by atoms with van der Waals surface area (Å²) in [5.74, 6) is -5.04. The number of benzene rings is 1. The number of carbonyl (C=O) groups excluding carboxylic acids is 2. The molecule has 5 rings (SSSR count). The Kier molecular flexibility index (Phi) is 4.75. The van der Waals surface area contributed by atoms with Gasteiger partial charge in [-0.25, -0.2) is 13.2 Å². The highest BCUT2D eigenvalue weighted by Crippen LogP contribution is 2.45. The summed E-state index contributed by atoms with van der Waals surface area (Å²) >= 11 is 0. The predicted octanol–water partition coefficient (Wildman–Crippen LogP) is 2.33. The van der Waals surface area contributed by atoms with E-state index in [1.165, 1.54) is 10.8 Å². The Morgan fingerprint density at radius 2 is 1.84 bits per heavy atom. The van der Waals surface area contributed by atoms with Gasteiger partial charge in [-0.1, -0.05) is 0 Å². The fourth-order valence-corrected chi connectivity index (χ4v) is 5.28. The Morgan fingerprint density at radius 3 is 2.56 bits per heavy atom. The topological polar surface area (TPSA) is 91.6 Å². The lowest BCUT2D eigenvalue weighted by atomic mass is 9.95. The summed E-state index contributed by atoms with van der Waals surface area (Å²) < 4.78 is 42.3. The lowest BCUT2D eigenvalue weighted by Crippen LogP contribution is -2.47. The van der Waals surface area contributed by atoms with Gasteiger partial charge in [-0.05, 0) is 31.1 Å². The zero-order valence-electron chi connectivity index (χ0n) is 16.9. The summed E-state index contributed by atoms with van der Waals surface area (Å²) in [7, 11) is 0. The number of nitrogens with one attached hydrogen (secondary N) is 1. The largest absolute Gasteiger partial charge is 0.503 e. The average Bonchev–Trinajstić information content (AvgIpc) is 3.11. The smallest absolute Gasteiger partial charge is 0.274 e. The number of hydrogen-bond donors (Lipinski definition) is 2. The number of amides is 2. The van der Waals surface area contributed by atoms with Crippen molar-refractivity contribution in [3.63, 3.8) is 0 Å². The lowest BCUT2D eigenvalue weighted by Gasteiger charge is -2.38. The van der Waals surface area contributed by atoms with E-state index in [4.69, 9.17) is 0 Å². The van der Waals surface area contributed by atoms with E-state index in [2.05, 4.69) is 5.32 Å². The molecule has 0 unspecified atom stereocenters. The molecule has 2 aromatic rings. The van der Waals surface area contributed by atoms with E-state index in [0.717, 1.165) is 19.3 Å². The minimum atomic E-state index is -1.17. The molecule has 168 valence electrons. The fraction of sp³-hybridized carbons (Fsp3) is 0.409. The highest BCUT2D eigenvalue weighted by Gasteiger charge is 2.44. The summed E-state index contributed by atoms with van der Waals surface area (Å²) in [6, 6.07) is 0.797. The van der Waals surface area contributed by atoms with E-state index in [-0.39, 0.29) is 17.7 Å². The second-order valence-corrected chi connectivity index (χ2v) is 8.72. The van der Waals surface area contributed by atoms with Crippen molar-refractivity contribution < 1.29 is 27.9 Å². The number of hydrogen-bond acceptors (Lipinski definition) is 4. The summed E-state index contributed by atoms with van der Waals surface area (Å²) in [6.45, 7) is 0.387. The van der Waals surface area contributed by atoms with E-state index >= 15 is 0 Å². The first-order valence-corrected chi connectivity index (χ1v) is 10.4. The molecule has 3 aliphatic rings. The first kappa shape index (κ1) is 20.6. The Hall–Kier alpha value is -3.30. The number of fused-ring (bicyclic) bond motifs is 7. The monoisotopic (exact) mass is 447 g/mol. The van der Waals surface area contributed by atoms with E-state index in [1.807, 2.05) is 0 Å². The van der Waals surface area contributed by atoms with Crippen molar-refractivity contribution in [1.29, 1.82) is 0 Å². The molecule has 1 saturated heterocycles. The van der Waals surface area contributed by atoms with Crippen LogP contribution in [0.15, 0.2) is 23.1 Å². The molecular weight excluding hydrogens is 427 g/mol. The molecule has 2 N–H and O–H groups in total. The molecule has 1 saturated carbocycles. The average molecular weight is 447 g/mol. The maximum absolute atomic E-state index is 13.9. The number of carbonyl (C=O) groups is 2. The van der Waals surface area contributed by atoms with Crippen molar-refractivity contribution in [2.45, 2.75) is 31.8 Å². The van der Waals surface area contributed by atoms with E-state index < -0.39 is 58.1 Å². The summed E-state index contributed by atoms with van der Waals surface area (Å²) in [5, 5.41) is 12.8. The molecule has 1 aromatic heterocycles. The Morgan fingerprint density at radius 1 is 1.12 bits per heavy atom. The minimum Gasteiger partial charge on any atom is -0.503 e. The van der Waals surface area contributed by atoms with Crippen LogP contribution in [-0.2, 0) is 6.54 Å². The van der Waals surface area contributed by atoms with Crippen molar-refractivity contribution in [3.8, 4) is 5.75 Å². The first-order valence-electron chi connectivity index (χ1n) is 10.4. The van der Waals surface area contributed by atoms with Crippen LogP contribution in [0.1, 0.15) is 51.7 Å². The van der Waals surface area contributed by atoms with Crippen molar-refractivity contribution >= 4 is 11.8 Å². The Bertz CT molecular complexity index is 1190. The summed E-state index contributed by atoms with van der Waals surface area (Å²) in [4.78, 5) is 40.0. The molecular formula is C22H20F3N3O4. The van der Waals surface area contributed by atoms with Gasteiger partial charge in [0.25, 0.3) is 11.8 Å². The van der Waals surface area contributed by atoms with Crippen LogP contribution in [0, 0.1) is 29.3 Å². The number of rotatable bonds is 3. The Labute approximate surface area is 180 Å². The van der Waals surface area contributed by atoms with Crippen molar-refractivity contribution in [2.24, 2.45) is 11.8 Å². The molecule has 7 nitrogen and oxygen atoms in total. The number of aromatic hydroxyl groups is 1. The van der Waals surface area contributed by atoms with Crippen LogP contribution in [0.25, 0.3) is 0 Å². The Balaban J connectivity index is 1.49. The van der Waals surface area contributed by atoms with Crippen LogP contribution in [0.3, 0.4) is 0 Å². The maximum atomic E-state index is 13.9. The van der Waals surface area contributed by atoms with Gasteiger partial charge in [-0.15, -0.1) is 0 Å². The van der Waals surface area contributed by atoms with Crippen molar-refractivity contribution in [3.05, 3.63) is 62.8 Å². The first-order chi connectivity index (χ1) is 15.2. The van der Waals surface area contributed by atoms with E-state index in [0.29, 0.717) is 31.1 Å². The van der Waals surface area contributed by atoms with Gasteiger partial charge in [0.1, 0.15) is 23.0 Å². The van der Waals surface area contributed by atoms with Gasteiger partial charge in [0.05, 0.1) is 6.04 Å². The molecule has 1 aromatic carbocycles. The molecule has 2 fully saturated rings. The zero-order valence-corrected chi connectivity index (χ0v) is 16.9. The molecule has 2 aliphatic heterocycles. The van der Waals surface area contributed by atoms with Crippen LogP contribution in [0.2, 0.25) is 0 Å². The van der Waals surface area contributed by atoms with Crippen LogP contribution in [-0.4, -0.2) is 39.5 Å². The minimum absolute atomic E-state index is 0.133. The number of aromatic nitrogens is 1. The van der Waals surface area contributed by atoms with Crippen LogP contribution in [0.5, 0.6) is 5.75 Å². The third-order valence-corrected chi connectivity index (χ3v) is 6.85. The van der Waals surface area contributed by atoms with Gasteiger partial charge >= 0.3 is 0 Å². The molecule has 32 heavy (non-hydrogen) atoms. The molecule has 3 atom stereocenters.